The van der Waals surface area contributed by atoms with Crippen molar-refractivity contribution in [3.8, 4) is 0 Å². The fourth-order valence-corrected chi connectivity index (χ4v) is 3.88. The van der Waals surface area contributed by atoms with Gasteiger partial charge in [0.25, 0.3) is 5.91 Å². The summed E-state index contributed by atoms with van der Waals surface area (Å²) in [5, 5.41) is 8.76. The predicted octanol–water partition coefficient (Wildman–Crippen LogP) is 2.13. The Hall–Kier alpha value is -3.80. The maximum Gasteiger partial charge on any atom is 0.288 e. The van der Waals surface area contributed by atoms with Crippen molar-refractivity contribution >= 4 is 41.0 Å². The second kappa shape index (κ2) is 10.7. The molecule has 1 aliphatic rings. The van der Waals surface area contributed by atoms with E-state index in [0.29, 0.717) is 23.6 Å². The summed E-state index contributed by atoms with van der Waals surface area (Å²) < 4.78 is 13.3. The Labute approximate surface area is 193 Å². The molecule has 172 valence electrons. The van der Waals surface area contributed by atoms with E-state index in [1.807, 2.05) is 0 Å². The molecular weight excluding hydrogens is 449 g/mol. The highest BCUT2D eigenvalue weighted by Gasteiger charge is 2.20. The number of nitrogens with zero attached hydrogens (tertiary/aromatic N) is 4. The van der Waals surface area contributed by atoms with Crippen LogP contribution in [0.25, 0.3) is 0 Å². The molecule has 3 amide bonds. The number of nitrogens with two attached hydrogens (primary N) is 1. The molecule has 3 heterocycles. The molecule has 1 aliphatic heterocycles. The Morgan fingerprint density at radius 3 is 2.76 bits per heavy atom. The van der Waals surface area contributed by atoms with Crippen LogP contribution in [0, 0.1) is 5.82 Å². The first-order valence-electron chi connectivity index (χ1n) is 9.86. The molecule has 12 heteroatoms. The number of fused-ring (bicyclic) bond motifs is 1. The van der Waals surface area contributed by atoms with Gasteiger partial charge >= 0.3 is 0 Å². The Morgan fingerprint density at radius 2 is 2.09 bits per heavy atom. The van der Waals surface area contributed by atoms with Gasteiger partial charge in [-0.3, -0.25) is 19.5 Å². The van der Waals surface area contributed by atoms with Crippen LogP contribution in [0.1, 0.15) is 35.4 Å². The maximum absolute atomic E-state index is 13.3. The van der Waals surface area contributed by atoms with Crippen LogP contribution < -0.4 is 16.0 Å². The number of rotatable bonds is 4. The summed E-state index contributed by atoms with van der Waals surface area (Å²) >= 11 is 1.61. The fraction of sp³-hybridized carbons (Fsp3) is 0.238. The van der Waals surface area contributed by atoms with Gasteiger partial charge in [-0.15, -0.1) is 16.9 Å². The lowest BCUT2D eigenvalue weighted by atomic mass is 10.1. The molecule has 33 heavy (non-hydrogen) atoms. The van der Waals surface area contributed by atoms with Crippen LogP contribution in [0.2, 0.25) is 0 Å². The number of aromatic nitrogens is 4. The molecule has 0 saturated carbocycles. The molecule has 4 N–H and O–H groups in total. The summed E-state index contributed by atoms with van der Waals surface area (Å²) in [5.41, 5.74) is 6.28. The third kappa shape index (κ3) is 6.35. The van der Waals surface area contributed by atoms with Crippen LogP contribution in [0.5, 0.6) is 0 Å². The minimum absolute atomic E-state index is 0.0798. The normalized spacial score (nSPS) is 12.8. The lowest BCUT2D eigenvalue weighted by Crippen LogP contribution is -2.25. The molecule has 1 aromatic carbocycles. The predicted molar refractivity (Wildman–Crippen MR) is 121 cm³/mol. The summed E-state index contributed by atoms with van der Waals surface area (Å²) in [5.74, 6) is 0.417. The second-order valence-electron chi connectivity index (χ2n) is 7.01. The average Bonchev–Trinajstić information content (AvgIpc) is 3.19. The molecule has 10 nitrogen and oxygen atoms in total. The van der Waals surface area contributed by atoms with Crippen molar-refractivity contribution in [2.24, 2.45) is 5.73 Å². The van der Waals surface area contributed by atoms with Gasteiger partial charge in [0, 0.05) is 49.7 Å². The van der Waals surface area contributed by atoms with Crippen molar-refractivity contribution in [2.75, 3.05) is 23.0 Å². The average molecular weight is 472 g/mol. The smallest absolute Gasteiger partial charge is 0.288 e. The van der Waals surface area contributed by atoms with E-state index in [9.17, 15) is 18.8 Å². The number of amides is 3. The number of halogens is 1. The highest BCUT2D eigenvalue weighted by Crippen LogP contribution is 2.34. The Balaban J connectivity index is 0.000000186. The number of hydrogen-bond donors (Lipinski definition) is 3. The Bertz CT molecular complexity index is 1180. The minimum atomic E-state index is -0.712. The van der Waals surface area contributed by atoms with Crippen LogP contribution in [0.15, 0.2) is 41.4 Å². The topological polar surface area (TPSA) is 147 Å². The van der Waals surface area contributed by atoms with Crippen LogP contribution in [0.4, 0.5) is 15.9 Å². The summed E-state index contributed by atoms with van der Waals surface area (Å²) in [7, 11) is 1.74. The van der Waals surface area contributed by atoms with Gasteiger partial charge in [-0.05, 0) is 11.6 Å². The first kappa shape index (κ1) is 23.9. The largest absolute Gasteiger partial charge is 0.363 e. The molecule has 0 bridgehead atoms. The van der Waals surface area contributed by atoms with E-state index in [4.69, 9.17) is 5.73 Å². The number of thioether (sulfide) groups is 1. The first-order valence-corrected chi connectivity index (χ1v) is 10.8. The molecule has 0 unspecified atom stereocenters. The summed E-state index contributed by atoms with van der Waals surface area (Å²) in [6.45, 7) is 1.43. The van der Waals surface area contributed by atoms with E-state index >= 15 is 0 Å². The molecule has 0 radical (unpaired) electrons. The minimum Gasteiger partial charge on any atom is -0.363 e. The van der Waals surface area contributed by atoms with Gasteiger partial charge in [0.05, 0.1) is 5.69 Å². The van der Waals surface area contributed by atoms with Crippen molar-refractivity contribution in [3.63, 3.8) is 0 Å². The highest BCUT2D eigenvalue weighted by molar-refractivity contribution is 7.99. The zero-order valence-electron chi connectivity index (χ0n) is 18.0. The maximum atomic E-state index is 13.3. The van der Waals surface area contributed by atoms with Gasteiger partial charge in [0.2, 0.25) is 17.6 Å². The lowest BCUT2D eigenvalue weighted by Gasteiger charge is -2.17. The number of pyridine rings is 1. The number of benzene rings is 1. The fourth-order valence-electron chi connectivity index (χ4n) is 2.91. The number of carbonyl (C=O) groups excluding carboxylic acids is 3. The molecule has 0 aliphatic carbocycles. The number of hydrogen-bond acceptors (Lipinski definition) is 7. The monoisotopic (exact) mass is 471 g/mol. The summed E-state index contributed by atoms with van der Waals surface area (Å²) in [6.07, 6.45) is 2.46. The van der Waals surface area contributed by atoms with Crippen LogP contribution >= 0.6 is 11.8 Å². The van der Waals surface area contributed by atoms with Crippen molar-refractivity contribution in [1.29, 1.82) is 0 Å². The second-order valence-corrected chi connectivity index (χ2v) is 8.14. The van der Waals surface area contributed by atoms with Gasteiger partial charge in [-0.2, -0.15) is 0 Å². The molecule has 0 atom stereocenters. The number of H-pyrrole nitrogens is 1. The molecule has 4 rings (SSSR count). The molecular formula is C21H22FN7O3S. The zero-order valence-corrected chi connectivity index (χ0v) is 18.8. The zero-order chi connectivity index (χ0) is 24.0. The van der Waals surface area contributed by atoms with E-state index in [1.54, 1.807) is 54.2 Å². The Kier molecular flexibility index (Phi) is 7.72. The van der Waals surface area contributed by atoms with Crippen molar-refractivity contribution in [3.05, 3.63) is 59.6 Å². The van der Waals surface area contributed by atoms with E-state index < -0.39 is 5.91 Å². The van der Waals surface area contributed by atoms with Crippen molar-refractivity contribution < 1.29 is 18.8 Å². The van der Waals surface area contributed by atoms with Gasteiger partial charge in [0.1, 0.15) is 17.5 Å². The SMILES string of the molecule is CC(=O)Nc1cc2c(cn1)SCCC(=O)N2C.NC(=O)c1n[nH]c(Cc2ccccc2F)n1. The summed E-state index contributed by atoms with van der Waals surface area (Å²) in [6, 6.07) is 8.06. The number of anilines is 2. The molecule has 0 spiro atoms. The Morgan fingerprint density at radius 1 is 1.33 bits per heavy atom. The number of nitrogens with one attached hydrogen (secondary N) is 2. The molecule has 3 aromatic rings. The van der Waals surface area contributed by atoms with Crippen molar-refractivity contribution in [2.45, 2.75) is 24.7 Å². The molecule has 2 aromatic heterocycles. The first-order chi connectivity index (χ1) is 15.7. The third-order valence-electron chi connectivity index (χ3n) is 4.53. The third-order valence-corrected chi connectivity index (χ3v) is 5.56. The van der Waals surface area contributed by atoms with Crippen LogP contribution in [0.3, 0.4) is 0 Å². The lowest BCUT2D eigenvalue weighted by molar-refractivity contribution is -0.118. The standard InChI is InChI=1S/C11H13N3O2S.C10H9FN4O/c1-7(15)13-10-5-8-9(6-12-10)17-4-3-11(16)14(8)2;11-7-4-2-1-3-6(7)5-8-13-10(9(12)16)15-14-8/h5-6H,3-4H2,1-2H3,(H,12,13,15);1-4H,5H2,(H2,12,16)(H,13,14,15). The highest BCUT2D eigenvalue weighted by atomic mass is 32.2. The van der Waals surface area contributed by atoms with Crippen molar-refractivity contribution in [1.82, 2.24) is 20.2 Å². The van der Waals surface area contributed by atoms with E-state index in [-0.39, 0.29) is 29.9 Å². The number of primary amides is 1. The van der Waals surface area contributed by atoms with Crippen LogP contribution in [-0.2, 0) is 16.0 Å². The molecule has 0 fully saturated rings. The van der Waals surface area contributed by atoms with E-state index in [2.05, 4.69) is 25.5 Å². The number of carbonyl (C=O) groups is 3. The van der Waals surface area contributed by atoms with E-state index in [1.165, 1.54) is 13.0 Å². The number of aromatic amines is 1. The van der Waals surface area contributed by atoms with Gasteiger partial charge in [-0.25, -0.2) is 14.4 Å². The quantitative estimate of drug-likeness (QED) is 0.528. The van der Waals surface area contributed by atoms with Gasteiger partial charge in [-0.1, -0.05) is 18.2 Å². The van der Waals surface area contributed by atoms with Gasteiger partial charge in [0.15, 0.2) is 0 Å². The molecule has 0 saturated heterocycles. The van der Waals surface area contributed by atoms with E-state index in [0.717, 1.165) is 16.3 Å². The van der Waals surface area contributed by atoms with Crippen LogP contribution in [-0.4, -0.2) is 50.7 Å². The summed E-state index contributed by atoms with van der Waals surface area (Å²) in [4.78, 5) is 44.0. The van der Waals surface area contributed by atoms with Gasteiger partial charge < -0.3 is 16.0 Å².